The zero-order valence-electron chi connectivity index (χ0n) is 8.79. The minimum Gasteiger partial charge on any atom is -0.298 e. The first-order valence-corrected chi connectivity index (χ1v) is 5.55. The van der Waals surface area contributed by atoms with E-state index in [-0.39, 0.29) is 15.7 Å². The summed E-state index contributed by atoms with van der Waals surface area (Å²) in [6, 6.07) is 4.93. The molecule has 8 heteroatoms. The van der Waals surface area contributed by atoms with Crippen molar-refractivity contribution in [2.45, 2.75) is 0 Å². The number of benzene rings is 1. The van der Waals surface area contributed by atoms with E-state index in [9.17, 15) is 19.3 Å². The Balaban J connectivity index is 2.11. The number of amides is 1. The van der Waals surface area contributed by atoms with Gasteiger partial charge in [0.2, 0.25) is 0 Å². The maximum Gasteiger partial charge on any atom is 0.345 e. The largest absolute Gasteiger partial charge is 0.345 e. The van der Waals surface area contributed by atoms with Crippen LogP contribution in [0.5, 0.6) is 0 Å². The molecule has 0 saturated carbocycles. The topological polar surface area (TPSA) is 85.1 Å². The second-order valence-corrected chi connectivity index (χ2v) is 4.23. The summed E-state index contributed by atoms with van der Waals surface area (Å²) in [4.78, 5) is 25.2. The lowest BCUT2D eigenvalue weighted by atomic mass is 10.2. The Hall–Kier alpha value is -2.35. The van der Waals surface area contributed by atoms with E-state index in [1.165, 1.54) is 12.1 Å². The van der Waals surface area contributed by atoms with E-state index in [4.69, 9.17) is 0 Å². The molecule has 0 spiro atoms. The van der Waals surface area contributed by atoms with Crippen LogP contribution in [0.4, 0.5) is 14.5 Å². The second-order valence-electron chi connectivity index (χ2n) is 3.22. The van der Waals surface area contributed by atoms with Crippen LogP contribution in [-0.4, -0.2) is 15.8 Å². The molecular weight excluding hydrogens is 261 g/mol. The highest BCUT2D eigenvalue weighted by Crippen LogP contribution is 2.25. The van der Waals surface area contributed by atoms with Gasteiger partial charge in [-0.25, -0.2) is 9.37 Å². The molecule has 0 aliphatic heterocycles. The van der Waals surface area contributed by atoms with Gasteiger partial charge >= 0.3 is 5.00 Å². The summed E-state index contributed by atoms with van der Waals surface area (Å²) in [5, 5.41) is 12.8. The van der Waals surface area contributed by atoms with Crippen molar-refractivity contribution >= 4 is 27.4 Å². The minimum absolute atomic E-state index is 0.121. The predicted octanol–water partition coefficient (Wildman–Crippen LogP) is 2.44. The van der Waals surface area contributed by atoms with Crippen molar-refractivity contribution in [3.63, 3.8) is 0 Å². The van der Waals surface area contributed by atoms with Crippen LogP contribution < -0.4 is 5.32 Å². The van der Waals surface area contributed by atoms with Crippen molar-refractivity contribution in [3.05, 3.63) is 52.0 Å². The summed E-state index contributed by atoms with van der Waals surface area (Å²) >= 11 is 0.751. The molecule has 0 fully saturated rings. The van der Waals surface area contributed by atoms with E-state index in [1.54, 1.807) is 0 Å². The van der Waals surface area contributed by atoms with E-state index in [0.717, 1.165) is 29.7 Å². The molecule has 1 heterocycles. The van der Waals surface area contributed by atoms with Crippen LogP contribution in [0.15, 0.2) is 30.5 Å². The lowest BCUT2D eigenvalue weighted by molar-refractivity contribution is -0.380. The zero-order valence-corrected chi connectivity index (χ0v) is 9.61. The fourth-order valence-electron chi connectivity index (χ4n) is 1.18. The summed E-state index contributed by atoms with van der Waals surface area (Å²) in [5.41, 5.74) is 0.245. The standard InChI is InChI=1S/C10H6FN3O3S/c11-7-3-1-6(2-4-7)9(15)13-10-12-5-8(18-10)14(16)17/h1-5H,(H,12,13,15). The number of carbonyl (C=O) groups is 1. The molecule has 2 aromatic rings. The molecule has 92 valence electrons. The van der Waals surface area contributed by atoms with Gasteiger partial charge in [-0.2, -0.15) is 0 Å². The van der Waals surface area contributed by atoms with Crippen LogP contribution in [0.3, 0.4) is 0 Å². The Bertz CT molecular complexity index is 597. The number of anilines is 1. The van der Waals surface area contributed by atoms with Gasteiger partial charge < -0.3 is 0 Å². The average Bonchev–Trinajstić information content (AvgIpc) is 2.78. The van der Waals surface area contributed by atoms with Crippen molar-refractivity contribution in [1.29, 1.82) is 0 Å². The number of rotatable bonds is 3. The Morgan fingerprint density at radius 2 is 2.06 bits per heavy atom. The number of nitro groups is 1. The second kappa shape index (κ2) is 4.88. The maximum absolute atomic E-state index is 12.7. The predicted molar refractivity (Wildman–Crippen MR) is 63.1 cm³/mol. The fourth-order valence-corrected chi connectivity index (χ4v) is 1.81. The van der Waals surface area contributed by atoms with E-state index in [1.807, 2.05) is 0 Å². The molecule has 6 nitrogen and oxygen atoms in total. The lowest BCUT2D eigenvalue weighted by Crippen LogP contribution is -2.11. The van der Waals surface area contributed by atoms with Gasteiger partial charge in [0.25, 0.3) is 5.91 Å². The minimum atomic E-state index is -0.592. The smallest absolute Gasteiger partial charge is 0.298 e. The number of hydrogen-bond donors (Lipinski definition) is 1. The molecule has 2 rings (SSSR count). The monoisotopic (exact) mass is 267 g/mol. The number of halogens is 1. The summed E-state index contributed by atoms with van der Waals surface area (Å²) in [6.45, 7) is 0. The molecule has 1 amide bonds. The third-order valence-electron chi connectivity index (χ3n) is 2.00. The number of carbonyl (C=O) groups excluding carboxylic acids is 1. The Kier molecular flexibility index (Phi) is 3.28. The summed E-state index contributed by atoms with van der Waals surface area (Å²) in [7, 11) is 0. The van der Waals surface area contributed by atoms with Crippen molar-refractivity contribution in [2.24, 2.45) is 0 Å². The van der Waals surface area contributed by atoms with Gasteiger partial charge in [-0.15, -0.1) is 0 Å². The molecule has 0 atom stereocenters. The summed E-state index contributed by atoms with van der Waals surface area (Å²) in [5.74, 6) is -0.948. The van der Waals surface area contributed by atoms with E-state index in [2.05, 4.69) is 10.3 Å². The third-order valence-corrected chi connectivity index (χ3v) is 2.86. The molecule has 1 aromatic heterocycles. The first kappa shape index (κ1) is 12.1. The van der Waals surface area contributed by atoms with Gasteiger partial charge in [-0.05, 0) is 35.6 Å². The summed E-state index contributed by atoms with van der Waals surface area (Å²) < 4.78 is 12.7. The number of aromatic nitrogens is 1. The fraction of sp³-hybridized carbons (Fsp3) is 0. The van der Waals surface area contributed by atoms with Gasteiger partial charge in [0.1, 0.15) is 12.0 Å². The van der Waals surface area contributed by atoms with E-state index in [0.29, 0.717) is 0 Å². The molecule has 18 heavy (non-hydrogen) atoms. The van der Waals surface area contributed by atoms with Crippen LogP contribution in [0.1, 0.15) is 10.4 Å². The molecule has 0 unspecified atom stereocenters. The maximum atomic E-state index is 12.7. The third kappa shape index (κ3) is 2.66. The van der Waals surface area contributed by atoms with Crippen molar-refractivity contribution < 1.29 is 14.1 Å². The van der Waals surface area contributed by atoms with Crippen molar-refractivity contribution in [1.82, 2.24) is 4.98 Å². The van der Waals surface area contributed by atoms with Crippen LogP contribution >= 0.6 is 11.3 Å². The SMILES string of the molecule is O=C(Nc1ncc([N+](=O)[O-])s1)c1ccc(F)cc1. The molecular formula is C10H6FN3O3S. The summed E-state index contributed by atoms with van der Waals surface area (Å²) in [6.07, 6.45) is 1.06. The number of hydrogen-bond acceptors (Lipinski definition) is 5. The lowest BCUT2D eigenvalue weighted by Gasteiger charge is -2.00. The molecule has 0 radical (unpaired) electrons. The quantitative estimate of drug-likeness (QED) is 0.683. The molecule has 0 aliphatic carbocycles. The number of nitrogens with one attached hydrogen (secondary N) is 1. The highest BCUT2D eigenvalue weighted by atomic mass is 32.1. The van der Waals surface area contributed by atoms with Crippen molar-refractivity contribution in [2.75, 3.05) is 5.32 Å². The van der Waals surface area contributed by atoms with Crippen molar-refractivity contribution in [3.8, 4) is 0 Å². The number of nitrogens with zero attached hydrogens (tertiary/aromatic N) is 2. The van der Waals surface area contributed by atoms with Gasteiger partial charge in [0.15, 0.2) is 5.13 Å². The van der Waals surface area contributed by atoms with Gasteiger partial charge in [0, 0.05) is 5.56 Å². The van der Waals surface area contributed by atoms with Crippen LogP contribution in [-0.2, 0) is 0 Å². The molecule has 1 N–H and O–H groups in total. The van der Waals surface area contributed by atoms with E-state index < -0.39 is 16.6 Å². The normalized spacial score (nSPS) is 10.1. The van der Waals surface area contributed by atoms with Gasteiger partial charge in [0.05, 0.1) is 4.92 Å². The Morgan fingerprint density at radius 3 is 2.61 bits per heavy atom. The Labute approximate surface area is 104 Å². The van der Waals surface area contributed by atoms with Gasteiger partial charge in [-0.3, -0.25) is 20.2 Å². The van der Waals surface area contributed by atoms with E-state index >= 15 is 0 Å². The number of thiazole rings is 1. The average molecular weight is 267 g/mol. The zero-order chi connectivity index (χ0) is 13.1. The Morgan fingerprint density at radius 1 is 1.39 bits per heavy atom. The molecule has 1 aromatic carbocycles. The molecule has 0 bridgehead atoms. The first-order chi connectivity index (χ1) is 8.56. The van der Waals surface area contributed by atoms with Crippen LogP contribution in [0.2, 0.25) is 0 Å². The highest BCUT2D eigenvalue weighted by molar-refractivity contribution is 7.18. The van der Waals surface area contributed by atoms with Crippen LogP contribution in [0.25, 0.3) is 0 Å². The highest BCUT2D eigenvalue weighted by Gasteiger charge is 2.14. The van der Waals surface area contributed by atoms with Crippen LogP contribution in [0, 0.1) is 15.9 Å². The first-order valence-electron chi connectivity index (χ1n) is 4.73. The van der Waals surface area contributed by atoms with Gasteiger partial charge in [-0.1, -0.05) is 0 Å². The molecule has 0 aliphatic rings. The molecule has 0 saturated heterocycles.